The normalized spacial score (nSPS) is 10.4. The monoisotopic (exact) mass is 300 g/mol. The van der Waals surface area contributed by atoms with Crippen LogP contribution in [0.25, 0.3) is 0 Å². The van der Waals surface area contributed by atoms with Crippen LogP contribution in [-0.2, 0) is 0 Å². The van der Waals surface area contributed by atoms with Crippen molar-refractivity contribution in [3.05, 3.63) is 44.6 Å². The highest BCUT2D eigenvalue weighted by atomic mass is 79.9. The average molecular weight is 301 g/mol. The number of carbonyl (C=O) groups is 1. The Kier molecular flexibility index (Phi) is 3.11. The van der Waals surface area contributed by atoms with E-state index in [4.69, 9.17) is 0 Å². The molecule has 16 heavy (non-hydrogen) atoms. The lowest BCUT2D eigenvalue weighted by molar-refractivity contribution is 0.103. The number of nitrogens with zero attached hydrogens (tertiary/aromatic N) is 2. The van der Waals surface area contributed by atoms with E-state index >= 15 is 0 Å². The van der Waals surface area contributed by atoms with Crippen LogP contribution in [0.3, 0.4) is 0 Å². The fourth-order valence-corrected chi connectivity index (χ4v) is 2.22. The predicted molar refractivity (Wildman–Crippen MR) is 62.2 cm³/mol. The van der Waals surface area contributed by atoms with Gasteiger partial charge in [0.1, 0.15) is 10.7 Å². The van der Waals surface area contributed by atoms with E-state index in [2.05, 4.69) is 25.5 Å². The first kappa shape index (κ1) is 11.3. The Hall–Kier alpha value is -1.14. The molecule has 0 aliphatic heterocycles. The maximum Gasteiger partial charge on any atom is 0.209 e. The third-order valence-corrected chi connectivity index (χ3v) is 3.49. The van der Waals surface area contributed by atoms with E-state index in [1.165, 1.54) is 6.07 Å². The molecule has 0 unspecified atom stereocenters. The Bertz CT molecular complexity index is 556. The molecule has 0 radical (unpaired) electrons. The molecule has 1 aromatic carbocycles. The molecule has 0 atom stereocenters. The summed E-state index contributed by atoms with van der Waals surface area (Å²) in [6.07, 6.45) is 0. The number of rotatable bonds is 2. The summed E-state index contributed by atoms with van der Waals surface area (Å²) in [5.41, 5.74) is 0.554. The van der Waals surface area contributed by atoms with Gasteiger partial charge in [0.05, 0.1) is 15.7 Å². The van der Waals surface area contributed by atoms with E-state index in [9.17, 15) is 9.18 Å². The van der Waals surface area contributed by atoms with E-state index in [1.54, 1.807) is 19.1 Å². The number of hydrogen-bond donors (Lipinski definition) is 0. The van der Waals surface area contributed by atoms with Crippen molar-refractivity contribution in [3.8, 4) is 0 Å². The second-order valence-corrected chi connectivity index (χ2v) is 4.73. The van der Waals surface area contributed by atoms with Crippen LogP contribution >= 0.6 is 27.5 Å². The highest BCUT2D eigenvalue weighted by Crippen LogP contribution is 2.23. The van der Waals surface area contributed by atoms with Crippen LogP contribution in [0.2, 0.25) is 0 Å². The maximum atomic E-state index is 13.7. The Labute approximate surface area is 104 Å². The van der Waals surface area contributed by atoms with Crippen molar-refractivity contribution >= 4 is 33.2 Å². The lowest BCUT2D eigenvalue weighted by atomic mass is 10.1. The molecule has 0 N–H and O–H groups in total. The molecule has 1 heterocycles. The molecule has 0 bridgehead atoms. The number of halogens is 2. The van der Waals surface area contributed by atoms with Gasteiger partial charge in [0.15, 0.2) is 0 Å². The molecular formula is C10H6BrFN2OS. The molecule has 0 spiro atoms. The molecule has 0 amide bonds. The maximum absolute atomic E-state index is 13.7. The van der Waals surface area contributed by atoms with Crippen LogP contribution in [0, 0.1) is 12.7 Å². The van der Waals surface area contributed by atoms with Gasteiger partial charge in [0, 0.05) is 0 Å². The first-order chi connectivity index (χ1) is 7.61. The van der Waals surface area contributed by atoms with Crippen LogP contribution in [0.1, 0.15) is 20.9 Å². The zero-order valence-electron chi connectivity index (χ0n) is 8.20. The van der Waals surface area contributed by atoms with Crippen molar-refractivity contribution < 1.29 is 9.18 Å². The van der Waals surface area contributed by atoms with Gasteiger partial charge in [-0.05, 0) is 46.5 Å². The van der Waals surface area contributed by atoms with Crippen LogP contribution < -0.4 is 0 Å². The minimum absolute atomic E-state index is 0.0310. The molecule has 3 nitrogen and oxygen atoms in total. The second-order valence-electron chi connectivity index (χ2n) is 3.12. The van der Waals surface area contributed by atoms with Crippen LogP contribution in [-0.4, -0.2) is 15.4 Å². The molecule has 0 saturated carbocycles. The largest absolute Gasteiger partial charge is 0.287 e. The lowest BCUT2D eigenvalue weighted by Gasteiger charge is -2.01. The zero-order chi connectivity index (χ0) is 11.7. The third-order valence-electron chi connectivity index (χ3n) is 2.05. The highest BCUT2D eigenvalue weighted by molar-refractivity contribution is 9.10. The summed E-state index contributed by atoms with van der Waals surface area (Å²) in [5.74, 6) is -0.938. The first-order valence-corrected chi connectivity index (χ1v) is 5.95. The molecule has 2 aromatic rings. The van der Waals surface area contributed by atoms with Crippen molar-refractivity contribution in [3.63, 3.8) is 0 Å². The summed E-state index contributed by atoms with van der Waals surface area (Å²) in [4.78, 5) is 12.3. The van der Waals surface area contributed by atoms with Gasteiger partial charge in [0.25, 0.3) is 0 Å². The number of carbonyl (C=O) groups excluding carboxylic acids is 1. The fourth-order valence-electron chi connectivity index (χ4n) is 1.24. The smallest absolute Gasteiger partial charge is 0.209 e. The highest BCUT2D eigenvalue weighted by Gasteiger charge is 2.19. The Balaban J connectivity index is 2.50. The van der Waals surface area contributed by atoms with Crippen molar-refractivity contribution in [1.82, 2.24) is 9.59 Å². The summed E-state index contributed by atoms with van der Waals surface area (Å²) >= 11 is 4.02. The Morgan fingerprint density at radius 1 is 1.50 bits per heavy atom. The predicted octanol–water partition coefficient (Wildman–Crippen LogP) is 2.98. The minimum atomic E-state index is -0.555. The third kappa shape index (κ3) is 1.90. The van der Waals surface area contributed by atoms with Gasteiger partial charge < -0.3 is 0 Å². The topological polar surface area (TPSA) is 42.9 Å². The van der Waals surface area contributed by atoms with Gasteiger partial charge in [0.2, 0.25) is 5.78 Å². The molecule has 1 aromatic heterocycles. The van der Waals surface area contributed by atoms with Crippen LogP contribution in [0.4, 0.5) is 4.39 Å². The second kappa shape index (κ2) is 4.39. The molecular weight excluding hydrogens is 295 g/mol. The molecule has 6 heteroatoms. The number of aryl methyl sites for hydroxylation is 1. The minimum Gasteiger partial charge on any atom is -0.287 e. The number of benzene rings is 1. The van der Waals surface area contributed by atoms with E-state index < -0.39 is 5.82 Å². The molecule has 0 aliphatic carbocycles. The molecule has 2 rings (SSSR count). The van der Waals surface area contributed by atoms with Crippen LogP contribution in [0.15, 0.2) is 22.7 Å². The average Bonchev–Trinajstić information content (AvgIpc) is 2.68. The number of ketones is 1. The summed E-state index contributed by atoms with van der Waals surface area (Å²) in [5, 5.41) is 3.73. The SMILES string of the molecule is Cc1nnsc1C(=O)c1cccc(Br)c1F. The van der Waals surface area contributed by atoms with Gasteiger partial charge in [-0.25, -0.2) is 4.39 Å². The van der Waals surface area contributed by atoms with Gasteiger partial charge in [-0.3, -0.25) is 4.79 Å². The Morgan fingerprint density at radius 2 is 2.25 bits per heavy atom. The lowest BCUT2D eigenvalue weighted by Crippen LogP contribution is -2.04. The number of aromatic nitrogens is 2. The standard InChI is InChI=1S/C10H6BrFN2OS/c1-5-10(16-14-13-5)9(15)6-3-2-4-7(11)8(6)12/h2-4H,1H3. The molecule has 0 aliphatic rings. The molecule has 82 valence electrons. The summed E-state index contributed by atoms with van der Waals surface area (Å²) < 4.78 is 17.6. The van der Waals surface area contributed by atoms with Gasteiger partial charge in [-0.2, -0.15) is 0 Å². The molecule has 0 saturated heterocycles. The van der Waals surface area contributed by atoms with E-state index in [1.807, 2.05) is 0 Å². The summed E-state index contributed by atoms with van der Waals surface area (Å²) in [7, 11) is 0. The zero-order valence-corrected chi connectivity index (χ0v) is 10.6. The van der Waals surface area contributed by atoms with Crippen molar-refractivity contribution in [2.75, 3.05) is 0 Å². The van der Waals surface area contributed by atoms with Crippen molar-refractivity contribution in [2.45, 2.75) is 6.92 Å². The van der Waals surface area contributed by atoms with Gasteiger partial charge in [-0.1, -0.05) is 10.6 Å². The van der Waals surface area contributed by atoms with E-state index in [-0.39, 0.29) is 15.8 Å². The quantitative estimate of drug-likeness (QED) is 0.801. The molecule has 0 fully saturated rings. The van der Waals surface area contributed by atoms with Crippen molar-refractivity contribution in [1.29, 1.82) is 0 Å². The van der Waals surface area contributed by atoms with Crippen LogP contribution in [0.5, 0.6) is 0 Å². The first-order valence-electron chi connectivity index (χ1n) is 4.39. The fraction of sp³-hybridized carbons (Fsp3) is 0.100. The van der Waals surface area contributed by atoms with Gasteiger partial charge in [-0.15, -0.1) is 5.10 Å². The summed E-state index contributed by atoms with van der Waals surface area (Å²) in [6, 6.07) is 4.61. The van der Waals surface area contributed by atoms with E-state index in [0.29, 0.717) is 10.6 Å². The Morgan fingerprint density at radius 3 is 2.88 bits per heavy atom. The number of hydrogen-bond acceptors (Lipinski definition) is 4. The summed E-state index contributed by atoms with van der Waals surface area (Å²) in [6.45, 7) is 1.67. The van der Waals surface area contributed by atoms with Gasteiger partial charge >= 0.3 is 0 Å². The van der Waals surface area contributed by atoms with Crippen molar-refractivity contribution in [2.24, 2.45) is 0 Å². The van der Waals surface area contributed by atoms with E-state index in [0.717, 1.165) is 11.5 Å².